The zero-order valence-electron chi connectivity index (χ0n) is 23.9. The zero-order chi connectivity index (χ0) is 23.9. The van der Waals surface area contributed by atoms with Gasteiger partial charge in [0.1, 0.15) is 0 Å². The van der Waals surface area contributed by atoms with Crippen LogP contribution in [0, 0.1) is 17.8 Å². The van der Waals surface area contributed by atoms with Crippen molar-refractivity contribution in [1.82, 2.24) is 0 Å². The molecule has 34 heavy (non-hydrogen) atoms. The van der Waals surface area contributed by atoms with Gasteiger partial charge in [-0.3, -0.25) is 0 Å². The monoisotopic (exact) mass is 475 g/mol. The van der Waals surface area contributed by atoms with Gasteiger partial charge in [-0.25, -0.2) is 0 Å². The summed E-state index contributed by atoms with van der Waals surface area (Å²) in [5, 5.41) is 0. The molecule has 0 aromatic rings. The molecule has 2 aliphatic carbocycles. The Morgan fingerprint density at radius 3 is 0.882 bits per heavy atom. The molecule has 0 spiro atoms. The highest BCUT2D eigenvalue weighted by atomic mass is 14.2. The average Bonchev–Trinajstić information content (AvgIpc) is 2.85. The lowest BCUT2D eigenvalue weighted by Gasteiger charge is -2.21. The summed E-state index contributed by atoms with van der Waals surface area (Å²) in [5.41, 5.74) is 0. The number of rotatable bonds is 4. The molecule has 2 atom stereocenters. The van der Waals surface area contributed by atoms with Crippen molar-refractivity contribution < 1.29 is 0 Å². The van der Waals surface area contributed by atoms with Gasteiger partial charge in [0.05, 0.1) is 0 Å². The van der Waals surface area contributed by atoms with Crippen LogP contribution in [0.2, 0.25) is 0 Å². The van der Waals surface area contributed by atoms with E-state index in [1.165, 1.54) is 154 Å². The van der Waals surface area contributed by atoms with Crippen LogP contribution in [-0.2, 0) is 0 Å². The maximum atomic E-state index is 2.51. The van der Waals surface area contributed by atoms with E-state index in [2.05, 4.69) is 6.92 Å². The molecule has 0 radical (unpaired) electrons. The Kier molecular flexibility index (Phi) is 19.8. The molecular weight excluding hydrogens is 408 g/mol. The smallest absolute Gasteiger partial charge is 0.0414 e. The van der Waals surface area contributed by atoms with Crippen LogP contribution in [0.4, 0.5) is 0 Å². The van der Waals surface area contributed by atoms with E-state index in [1.54, 1.807) is 38.5 Å². The van der Waals surface area contributed by atoms with E-state index >= 15 is 0 Å². The molecule has 0 N–H and O–H groups in total. The van der Waals surface area contributed by atoms with Crippen molar-refractivity contribution >= 4 is 0 Å². The Bertz CT molecular complexity index is 396. The van der Waals surface area contributed by atoms with Gasteiger partial charge in [-0.2, -0.15) is 0 Å². The molecular formula is C34H66. The average molecular weight is 475 g/mol. The Balaban J connectivity index is 1.70. The lowest BCUT2D eigenvalue weighted by Crippen LogP contribution is -2.06. The second kappa shape index (κ2) is 22.2. The summed E-state index contributed by atoms with van der Waals surface area (Å²) in [4.78, 5) is 0. The van der Waals surface area contributed by atoms with Crippen molar-refractivity contribution in [3.63, 3.8) is 0 Å². The van der Waals surface area contributed by atoms with Crippen LogP contribution in [0.3, 0.4) is 0 Å². The van der Waals surface area contributed by atoms with Crippen LogP contribution in [-0.4, -0.2) is 0 Å². The van der Waals surface area contributed by atoms with E-state index in [9.17, 15) is 0 Å². The van der Waals surface area contributed by atoms with Gasteiger partial charge in [-0.05, 0) is 17.8 Å². The van der Waals surface area contributed by atoms with Gasteiger partial charge in [-0.15, -0.1) is 0 Å². The summed E-state index contributed by atoms with van der Waals surface area (Å²) in [6.07, 6.45) is 45.4. The third-order valence-corrected chi connectivity index (χ3v) is 9.57. The minimum atomic E-state index is 0.977. The summed E-state index contributed by atoms with van der Waals surface area (Å²) in [5.74, 6) is 3.07. The van der Waals surface area contributed by atoms with Gasteiger partial charge in [0.15, 0.2) is 0 Å². The minimum Gasteiger partial charge on any atom is -0.0625 e. The highest BCUT2D eigenvalue weighted by Gasteiger charge is 2.13. The molecule has 2 rings (SSSR count). The fourth-order valence-corrected chi connectivity index (χ4v) is 7.07. The lowest BCUT2D eigenvalue weighted by molar-refractivity contribution is 0.326. The highest BCUT2D eigenvalue weighted by Crippen LogP contribution is 2.29. The molecule has 0 amide bonds. The second-order valence-corrected chi connectivity index (χ2v) is 12.9. The minimum absolute atomic E-state index is 0.977. The van der Waals surface area contributed by atoms with Crippen LogP contribution in [0.5, 0.6) is 0 Å². The predicted octanol–water partition coefficient (Wildman–Crippen LogP) is 12.6. The van der Waals surface area contributed by atoms with E-state index in [4.69, 9.17) is 0 Å². The molecule has 0 saturated heterocycles. The van der Waals surface area contributed by atoms with Crippen molar-refractivity contribution in [2.75, 3.05) is 0 Å². The van der Waals surface area contributed by atoms with E-state index < -0.39 is 0 Å². The zero-order valence-corrected chi connectivity index (χ0v) is 23.9. The first-order chi connectivity index (χ1) is 16.8. The summed E-state index contributed by atoms with van der Waals surface area (Å²) in [6, 6.07) is 0. The largest absolute Gasteiger partial charge is 0.0625 e. The SMILES string of the molecule is CC1CCCCCCCCC(CCCC2CCCCCCCCCCCCCC2)CCCCC1. The maximum absolute atomic E-state index is 2.51. The molecule has 2 fully saturated rings. The molecule has 2 aliphatic rings. The van der Waals surface area contributed by atoms with Crippen molar-refractivity contribution in [1.29, 1.82) is 0 Å². The Hall–Kier alpha value is 0. The predicted molar refractivity (Wildman–Crippen MR) is 155 cm³/mol. The van der Waals surface area contributed by atoms with Gasteiger partial charge >= 0.3 is 0 Å². The van der Waals surface area contributed by atoms with Crippen molar-refractivity contribution in [2.45, 2.75) is 200 Å². The van der Waals surface area contributed by atoms with Crippen molar-refractivity contribution in [3.05, 3.63) is 0 Å². The summed E-state index contributed by atoms with van der Waals surface area (Å²) < 4.78 is 0. The lowest BCUT2D eigenvalue weighted by atomic mass is 9.85. The fraction of sp³-hybridized carbons (Fsp3) is 1.00. The molecule has 2 unspecified atom stereocenters. The van der Waals surface area contributed by atoms with Gasteiger partial charge in [-0.1, -0.05) is 200 Å². The molecule has 0 bridgehead atoms. The fourth-order valence-electron chi connectivity index (χ4n) is 7.07. The summed E-state index contributed by atoms with van der Waals surface area (Å²) >= 11 is 0. The van der Waals surface area contributed by atoms with Gasteiger partial charge in [0.2, 0.25) is 0 Å². The number of hydrogen-bond acceptors (Lipinski definition) is 0. The van der Waals surface area contributed by atoms with Crippen LogP contribution in [0.15, 0.2) is 0 Å². The third-order valence-electron chi connectivity index (χ3n) is 9.57. The summed E-state index contributed by atoms with van der Waals surface area (Å²) in [7, 11) is 0. The number of hydrogen-bond donors (Lipinski definition) is 0. The van der Waals surface area contributed by atoms with Gasteiger partial charge in [0, 0.05) is 0 Å². The standard InChI is InChI=1S/C34H66/c1-32-24-17-12-10-11-15-21-28-34(29-22-16-18-25-32)31-23-30-33-26-19-13-8-6-4-2-3-5-7-9-14-20-27-33/h32-34H,2-31H2,1H3. The molecule has 0 aliphatic heterocycles. The maximum Gasteiger partial charge on any atom is -0.0414 e. The summed E-state index contributed by atoms with van der Waals surface area (Å²) in [6.45, 7) is 2.51. The first kappa shape index (κ1) is 30.2. The van der Waals surface area contributed by atoms with Crippen molar-refractivity contribution in [2.24, 2.45) is 17.8 Å². The Morgan fingerprint density at radius 2 is 0.559 bits per heavy atom. The normalized spacial score (nSPS) is 28.1. The Labute approximate surface area is 217 Å². The van der Waals surface area contributed by atoms with Gasteiger partial charge in [0.25, 0.3) is 0 Å². The molecule has 0 heteroatoms. The first-order valence-electron chi connectivity index (χ1n) is 16.8. The molecule has 0 aromatic carbocycles. The third kappa shape index (κ3) is 17.4. The van der Waals surface area contributed by atoms with E-state index in [0.29, 0.717) is 0 Å². The quantitative estimate of drug-likeness (QED) is 0.380. The topological polar surface area (TPSA) is 0 Å². The van der Waals surface area contributed by atoms with Crippen LogP contribution < -0.4 is 0 Å². The van der Waals surface area contributed by atoms with Gasteiger partial charge < -0.3 is 0 Å². The molecule has 2 saturated carbocycles. The van der Waals surface area contributed by atoms with Crippen molar-refractivity contribution in [3.8, 4) is 0 Å². The molecule has 0 aromatic heterocycles. The first-order valence-corrected chi connectivity index (χ1v) is 16.8. The Morgan fingerprint density at radius 1 is 0.324 bits per heavy atom. The van der Waals surface area contributed by atoms with Crippen LogP contribution in [0.25, 0.3) is 0 Å². The molecule has 0 nitrogen and oxygen atoms in total. The van der Waals surface area contributed by atoms with Crippen LogP contribution >= 0.6 is 0 Å². The second-order valence-electron chi connectivity index (χ2n) is 12.9. The van der Waals surface area contributed by atoms with E-state index in [0.717, 1.165) is 17.8 Å². The highest BCUT2D eigenvalue weighted by molar-refractivity contribution is 4.67. The molecule has 202 valence electrons. The van der Waals surface area contributed by atoms with E-state index in [-0.39, 0.29) is 0 Å². The molecule has 0 heterocycles. The van der Waals surface area contributed by atoms with Crippen LogP contribution in [0.1, 0.15) is 200 Å². The van der Waals surface area contributed by atoms with E-state index in [1.807, 2.05) is 0 Å².